The van der Waals surface area contributed by atoms with Crippen molar-refractivity contribution in [1.82, 2.24) is 0 Å². The van der Waals surface area contributed by atoms with Crippen LogP contribution in [0.1, 0.15) is 52.7 Å². The number of rotatable bonds is 4. The molecule has 0 saturated heterocycles. The molecule has 0 aliphatic carbocycles. The molecule has 1 N–H and O–H groups in total. The zero-order valence-corrected chi connectivity index (χ0v) is 26.6. The lowest BCUT2D eigenvalue weighted by Crippen LogP contribution is -2.68. The Hall–Kier alpha value is -4.04. The molecule has 0 radical (unpaired) electrons. The molecule has 0 atom stereocenters. The van der Waals surface area contributed by atoms with Gasteiger partial charge in [0.1, 0.15) is 5.75 Å². The second-order valence-corrected chi connectivity index (χ2v) is 13.5. The first-order valence-corrected chi connectivity index (χ1v) is 15.5. The quantitative estimate of drug-likeness (QED) is 0.300. The van der Waals surface area contributed by atoms with E-state index in [1.807, 2.05) is 0 Å². The topological polar surface area (TPSA) is 116 Å². The maximum absolute atomic E-state index is 11.5. The Balaban J connectivity index is 0.000000818. The van der Waals surface area contributed by atoms with Crippen molar-refractivity contribution in [3.63, 3.8) is 0 Å². The molecular weight excluding hydrogens is 574 g/mol. The molecule has 7 heteroatoms. The van der Waals surface area contributed by atoms with Crippen molar-refractivity contribution in [1.29, 1.82) is 0 Å². The number of hydrogen-bond acceptors (Lipinski definition) is 5. The van der Waals surface area contributed by atoms with Crippen molar-refractivity contribution in [3.05, 3.63) is 126 Å². The molecule has 0 bridgehead atoms. The van der Waals surface area contributed by atoms with E-state index in [1.165, 1.54) is 5.56 Å². The van der Waals surface area contributed by atoms with E-state index in [4.69, 9.17) is 18.6 Å². The van der Waals surface area contributed by atoms with Gasteiger partial charge in [0.2, 0.25) is 17.1 Å². The molecule has 228 valence electrons. The second-order valence-electron chi connectivity index (χ2n) is 12.7. The number of pyridine rings is 1. The van der Waals surface area contributed by atoms with Gasteiger partial charge < -0.3 is 5.11 Å². The summed E-state index contributed by atoms with van der Waals surface area (Å²) < 4.78 is 36.3. The molecule has 6 nitrogen and oxygen atoms in total. The number of aromatic nitrogens is 1. The molecule has 0 unspecified atom stereocenters. The van der Waals surface area contributed by atoms with Gasteiger partial charge in [0.15, 0.2) is 0 Å². The van der Waals surface area contributed by atoms with Gasteiger partial charge in [-0.05, 0) is 46.2 Å². The van der Waals surface area contributed by atoms with Crippen LogP contribution in [0.15, 0.2) is 115 Å². The summed E-state index contributed by atoms with van der Waals surface area (Å²) in [5.41, 5.74) is 9.28. The first kappa shape index (κ1) is 32.9. The number of phenols is 1. The summed E-state index contributed by atoms with van der Waals surface area (Å²) in [6.45, 7) is 13.0. The number of nitrogens with zero attached hydrogens (tertiary/aromatic N) is 1. The number of benzene rings is 4. The van der Waals surface area contributed by atoms with Crippen molar-refractivity contribution in [2.45, 2.75) is 52.4 Å². The van der Waals surface area contributed by atoms with Gasteiger partial charge >= 0.3 is 0 Å². The highest BCUT2D eigenvalue weighted by molar-refractivity contribution is 5.74. The highest BCUT2D eigenvalue weighted by Crippen LogP contribution is 2.41. The SMILES string of the molecule is CC(C)(C)c1cc(-[n+]2c(-c3ccccc3)cc(-c3ccccc3)cc2-c2ccccc2)cc(C(C)(C)C)c1O.[O-][Cl+3]([O-])([O-])[O-]. The van der Waals surface area contributed by atoms with E-state index in [-0.39, 0.29) is 10.8 Å². The van der Waals surface area contributed by atoms with Gasteiger partial charge in [-0.1, -0.05) is 108 Å². The number of halogens is 1. The predicted octanol–water partition coefficient (Wildman–Crippen LogP) is 4.51. The van der Waals surface area contributed by atoms with Gasteiger partial charge in [0.05, 0.1) is 0 Å². The minimum atomic E-state index is -4.94. The molecule has 0 spiro atoms. The average molecular weight is 612 g/mol. The third-order valence-corrected chi connectivity index (χ3v) is 7.28. The molecule has 0 fully saturated rings. The van der Waals surface area contributed by atoms with Crippen LogP contribution in [0.4, 0.5) is 0 Å². The third kappa shape index (κ3) is 8.11. The van der Waals surface area contributed by atoms with E-state index < -0.39 is 10.2 Å². The number of aromatic hydroxyl groups is 1. The van der Waals surface area contributed by atoms with E-state index in [9.17, 15) is 5.11 Å². The van der Waals surface area contributed by atoms with Gasteiger partial charge in [0, 0.05) is 46.5 Å². The van der Waals surface area contributed by atoms with E-state index in [0.717, 1.165) is 44.9 Å². The smallest absolute Gasteiger partial charge is 0.219 e. The van der Waals surface area contributed by atoms with Gasteiger partial charge in [-0.2, -0.15) is 4.57 Å². The average Bonchev–Trinajstić information content (AvgIpc) is 2.96. The highest BCUT2D eigenvalue weighted by atomic mass is 35.7. The Morgan fingerprint density at radius 1 is 0.500 bits per heavy atom. The van der Waals surface area contributed by atoms with Gasteiger partial charge in [-0.15, -0.1) is 10.2 Å². The fourth-order valence-corrected chi connectivity index (χ4v) is 5.21. The van der Waals surface area contributed by atoms with E-state index in [0.29, 0.717) is 5.75 Å². The normalized spacial score (nSPS) is 12.0. The number of hydrogen-bond donors (Lipinski definition) is 1. The summed E-state index contributed by atoms with van der Waals surface area (Å²) in [5.74, 6) is 0.391. The summed E-state index contributed by atoms with van der Waals surface area (Å²) in [6, 6.07) is 40.7. The molecular formula is C37H38ClNO5. The lowest BCUT2D eigenvalue weighted by atomic mass is 9.79. The fraction of sp³-hybridized carbons (Fsp3) is 0.216. The summed E-state index contributed by atoms with van der Waals surface area (Å²) in [4.78, 5) is 0. The molecule has 1 heterocycles. The summed E-state index contributed by atoms with van der Waals surface area (Å²) in [7, 11) is -4.94. The Kier molecular flexibility index (Phi) is 9.64. The van der Waals surface area contributed by atoms with E-state index >= 15 is 0 Å². The zero-order valence-electron chi connectivity index (χ0n) is 25.9. The predicted molar refractivity (Wildman–Crippen MR) is 163 cm³/mol. The minimum Gasteiger partial charge on any atom is -0.507 e. The zero-order chi connectivity index (χ0) is 32.3. The Labute approximate surface area is 261 Å². The van der Waals surface area contributed by atoms with Crippen molar-refractivity contribution < 1.29 is 38.6 Å². The lowest BCUT2D eigenvalue weighted by molar-refractivity contribution is -2.00. The van der Waals surface area contributed by atoms with Crippen LogP contribution in [-0.4, -0.2) is 5.11 Å². The third-order valence-electron chi connectivity index (χ3n) is 7.28. The van der Waals surface area contributed by atoms with Gasteiger partial charge in [-0.25, -0.2) is 18.6 Å². The number of phenolic OH excluding ortho intramolecular Hbond substituents is 1. The van der Waals surface area contributed by atoms with E-state index in [1.54, 1.807) is 0 Å². The van der Waals surface area contributed by atoms with Crippen LogP contribution in [0.25, 0.3) is 39.3 Å². The van der Waals surface area contributed by atoms with Crippen LogP contribution in [0.3, 0.4) is 0 Å². The van der Waals surface area contributed by atoms with Crippen LogP contribution in [0.2, 0.25) is 0 Å². The molecule has 0 saturated carbocycles. The van der Waals surface area contributed by atoms with Crippen LogP contribution < -0.4 is 23.2 Å². The van der Waals surface area contributed by atoms with Crippen LogP contribution in [0.5, 0.6) is 5.75 Å². The van der Waals surface area contributed by atoms with Crippen molar-refractivity contribution in [3.8, 4) is 45.1 Å². The summed E-state index contributed by atoms with van der Waals surface area (Å²) in [5, 5.41) is 11.5. The van der Waals surface area contributed by atoms with Gasteiger partial charge in [-0.3, -0.25) is 0 Å². The fourth-order valence-electron chi connectivity index (χ4n) is 5.21. The first-order valence-electron chi connectivity index (χ1n) is 14.3. The van der Waals surface area contributed by atoms with Crippen molar-refractivity contribution in [2.75, 3.05) is 0 Å². The Morgan fingerprint density at radius 2 is 0.818 bits per heavy atom. The van der Waals surface area contributed by atoms with Crippen LogP contribution in [0, 0.1) is 10.2 Å². The molecule has 0 amide bonds. The highest BCUT2D eigenvalue weighted by Gasteiger charge is 2.32. The monoisotopic (exact) mass is 611 g/mol. The standard InChI is InChI=1S/C37H37NO.ClHO4/c1-36(2,3)31-24-30(25-32(35(31)39)37(4,5)6)38-33(27-18-12-8-13-19-27)22-29(26-16-10-7-11-17-26)23-34(38)28-20-14-9-15-21-28;2-1(3,4)5/h7-25H,1-6H3;(H,2,3,4,5). The molecule has 0 aliphatic heterocycles. The Morgan fingerprint density at radius 3 is 1.14 bits per heavy atom. The maximum Gasteiger partial charge on any atom is 0.219 e. The lowest BCUT2D eigenvalue weighted by Gasteiger charge is -2.27. The Bertz CT molecular complexity index is 1600. The van der Waals surface area contributed by atoms with Gasteiger partial charge in [0.25, 0.3) is 0 Å². The summed E-state index contributed by atoms with van der Waals surface area (Å²) in [6.07, 6.45) is 0. The van der Waals surface area contributed by atoms with E-state index in [2.05, 4.69) is 161 Å². The first-order chi connectivity index (χ1) is 20.5. The van der Waals surface area contributed by atoms with Crippen molar-refractivity contribution in [2.24, 2.45) is 0 Å². The largest absolute Gasteiger partial charge is 0.507 e. The van der Waals surface area contributed by atoms with Crippen LogP contribution >= 0.6 is 0 Å². The molecule has 5 rings (SSSR count). The summed E-state index contributed by atoms with van der Waals surface area (Å²) >= 11 is 0. The van der Waals surface area contributed by atoms with Crippen LogP contribution in [-0.2, 0) is 10.8 Å². The maximum atomic E-state index is 11.5. The molecule has 44 heavy (non-hydrogen) atoms. The molecule has 4 aromatic carbocycles. The second kappa shape index (κ2) is 12.9. The molecule has 0 aliphatic rings. The van der Waals surface area contributed by atoms with Crippen molar-refractivity contribution >= 4 is 0 Å². The molecule has 5 aromatic rings. The minimum absolute atomic E-state index is 0.232. The molecule has 1 aromatic heterocycles.